The van der Waals surface area contributed by atoms with Crippen LogP contribution >= 0.6 is 0 Å². The lowest BCUT2D eigenvalue weighted by Crippen LogP contribution is -2.00. The highest BCUT2D eigenvalue weighted by Crippen LogP contribution is 2.27. The molecule has 0 aliphatic rings. The number of hydrogen-bond donors (Lipinski definition) is 0. The van der Waals surface area contributed by atoms with Gasteiger partial charge in [-0.25, -0.2) is 4.39 Å². The fourth-order valence-corrected chi connectivity index (χ4v) is 1.17. The maximum absolute atomic E-state index is 13.7. The second-order valence-corrected chi connectivity index (χ2v) is 3.61. The predicted octanol–water partition coefficient (Wildman–Crippen LogP) is 3.91. The van der Waals surface area contributed by atoms with Crippen molar-refractivity contribution in [3.05, 3.63) is 35.2 Å². The summed E-state index contributed by atoms with van der Waals surface area (Å²) < 4.78 is 13.7. The van der Waals surface area contributed by atoms with Crippen LogP contribution in [0.1, 0.15) is 27.7 Å². The van der Waals surface area contributed by atoms with Crippen LogP contribution in [0, 0.1) is 17.2 Å². The molecule has 0 radical (unpaired) electrons. The van der Waals surface area contributed by atoms with E-state index in [1.54, 1.807) is 13.8 Å². The monoisotopic (exact) mass is 193 g/mol. The van der Waals surface area contributed by atoms with Gasteiger partial charge in [0.2, 0.25) is 0 Å². The molecule has 0 fully saturated rings. The molecule has 0 atom stereocenters. The molecule has 0 aliphatic heterocycles. The highest BCUT2D eigenvalue weighted by atomic mass is 19.1. The van der Waals surface area contributed by atoms with E-state index in [0.717, 1.165) is 0 Å². The van der Waals surface area contributed by atoms with Crippen molar-refractivity contribution in [2.75, 3.05) is 0 Å². The standard InChI is InChI=1S/C12H16FN/c1-6-10(7-14)11(8(2)3)12(13)9(4)5/h6,8H,1H2,2-5H3/b11-10+. The fraction of sp³-hybridized carbons (Fsp3) is 0.417. The van der Waals surface area contributed by atoms with Gasteiger partial charge >= 0.3 is 0 Å². The van der Waals surface area contributed by atoms with Gasteiger partial charge in [0.05, 0.1) is 11.6 Å². The van der Waals surface area contributed by atoms with Crippen LogP contribution in [0.5, 0.6) is 0 Å². The van der Waals surface area contributed by atoms with Gasteiger partial charge in [0, 0.05) is 5.57 Å². The van der Waals surface area contributed by atoms with Crippen LogP contribution in [0.4, 0.5) is 4.39 Å². The minimum Gasteiger partial charge on any atom is -0.207 e. The Bertz CT molecular complexity index is 323. The van der Waals surface area contributed by atoms with Crippen LogP contribution in [0.2, 0.25) is 0 Å². The normalized spacial score (nSPS) is 11.8. The molecule has 0 rings (SSSR count). The van der Waals surface area contributed by atoms with Gasteiger partial charge in [0.1, 0.15) is 5.83 Å². The third-order valence-corrected chi connectivity index (χ3v) is 1.87. The lowest BCUT2D eigenvalue weighted by Gasteiger charge is -2.11. The Morgan fingerprint density at radius 2 is 1.93 bits per heavy atom. The molecule has 76 valence electrons. The van der Waals surface area contributed by atoms with Crippen LogP contribution in [-0.4, -0.2) is 0 Å². The van der Waals surface area contributed by atoms with Crippen LogP contribution in [-0.2, 0) is 0 Å². The second kappa shape index (κ2) is 5.39. The zero-order valence-electron chi connectivity index (χ0n) is 9.19. The van der Waals surface area contributed by atoms with E-state index in [9.17, 15) is 4.39 Å². The molecule has 0 saturated heterocycles. The molecular weight excluding hydrogens is 177 g/mol. The molecule has 0 bridgehead atoms. The summed E-state index contributed by atoms with van der Waals surface area (Å²) in [4.78, 5) is 0. The summed E-state index contributed by atoms with van der Waals surface area (Å²) in [6.45, 7) is 10.6. The Hall–Kier alpha value is -1.36. The molecule has 1 nitrogen and oxygen atoms in total. The van der Waals surface area contributed by atoms with Gasteiger partial charge in [-0.05, 0) is 25.3 Å². The highest BCUT2D eigenvalue weighted by Gasteiger charge is 2.14. The van der Waals surface area contributed by atoms with Crippen LogP contribution in [0.15, 0.2) is 35.2 Å². The molecule has 0 saturated carbocycles. The number of nitrogens with zero attached hydrogens (tertiary/aromatic N) is 1. The van der Waals surface area contributed by atoms with Crippen molar-refractivity contribution in [1.82, 2.24) is 0 Å². The lowest BCUT2D eigenvalue weighted by atomic mass is 9.95. The van der Waals surface area contributed by atoms with Crippen LogP contribution in [0.3, 0.4) is 0 Å². The predicted molar refractivity (Wildman–Crippen MR) is 57.2 cm³/mol. The minimum absolute atomic E-state index is 0.0162. The number of allylic oxidation sites excluding steroid dienone is 5. The summed E-state index contributed by atoms with van der Waals surface area (Å²) in [6, 6.07) is 1.96. The third kappa shape index (κ3) is 2.85. The van der Waals surface area contributed by atoms with Gasteiger partial charge in [-0.15, -0.1) is 0 Å². The Morgan fingerprint density at radius 1 is 1.43 bits per heavy atom. The summed E-state index contributed by atoms with van der Waals surface area (Å²) in [5, 5.41) is 8.81. The van der Waals surface area contributed by atoms with Crippen molar-refractivity contribution < 1.29 is 4.39 Å². The van der Waals surface area contributed by atoms with Gasteiger partial charge in [-0.3, -0.25) is 0 Å². The van der Waals surface area contributed by atoms with Gasteiger partial charge in [-0.1, -0.05) is 26.5 Å². The maximum Gasteiger partial charge on any atom is 0.126 e. The number of nitriles is 1. The van der Waals surface area contributed by atoms with Crippen molar-refractivity contribution in [3.63, 3.8) is 0 Å². The quantitative estimate of drug-likeness (QED) is 0.492. The van der Waals surface area contributed by atoms with E-state index in [4.69, 9.17) is 5.26 Å². The fourth-order valence-electron chi connectivity index (χ4n) is 1.17. The first-order valence-electron chi connectivity index (χ1n) is 4.55. The van der Waals surface area contributed by atoms with Crippen molar-refractivity contribution in [2.45, 2.75) is 27.7 Å². The van der Waals surface area contributed by atoms with Gasteiger partial charge in [0.15, 0.2) is 0 Å². The average Bonchev–Trinajstić information content (AvgIpc) is 2.12. The maximum atomic E-state index is 13.7. The van der Waals surface area contributed by atoms with Crippen molar-refractivity contribution in [3.8, 4) is 6.07 Å². The minimum atomic E-state index is -0.295. The number of halogens is 1. The smallest absolute Gasteiger partial charge is 0.126 e. The van der Waals surface area contributed by atoms with E-state index >= 15 is 0 Å². The summed E-state index contributed by atoms with van der Waals surface area (Å²) >= 11 is 0. The van der Waals surface area contributed by atoms with Crippen LogP contribution < -0.4 is 0 Å². The third-order valence-electron chi connectivity index (χ3n) is 1.87. The SMILES string of the molecule is C=C/C(C#N)=C(\C(F)=C(C)C)C(C)C. The van der Waals surface area contributed by atoms with Crippen molar-refractivity contribution in [1.29, 1.82) is 5.26 Å². The highest BCUT2D eigenvalue weighted by molar-refractivity contribution is 5.46. The molecule has 0 N–H and O–H groups in total. The summed E-state index contributed by atoms with van der Waals surface area (Å²) in [6.07, 6.45) is 1.40. The summed E-state index contributed by atoms with van der Waals surface area (Å²) in [7, 11) is 0. The molecule has 0 aromatic carbocycles. The van der Waals surface area contributed by atoms with Crippen molar-refractivity contribution >= 4 is 0 Å². The number of rotatable bonds is 3. The Morgan fingerprint density at radius 3 is 2.14 bits per heavy atom. The van der Waals surface area contributed by atoms with E-state index in [2.05, 4.69) is 6.58 Å². The molecule has 0 aromatic rings. The second-order valence-electron chi connectivity index (χ2n) is 3.61. The molecule has 2 heteroatoms. The van der Waals surface area contributed by atoms with Crippen molar-refractivity contribution in [2.24, 2.45) is 5.92 Å². The Balaban J connectivity index is 5.62. The molecule has 0 heterocycles. The van der Waals surface area contributed by atoms with E-state index in [0.29, 0.717) is 16.7 Å². The Labute approximate surface area is 85.2 Å². The largest absolute Gasteiger partial charge is 0.207 e. The summed E-state index contributed by atoms with van der Waals surface area (Å²) in [5.74, 6) is -0.311. The van der Waals surface area contributed by atoms with Gasteiger partial charge in [-0.2, -0.15) is 5.26 Å². The zero-order chi connectivity index (χ0) is 11.3. The molecule has 14 heavy (non-hydrogen) atoms. The summed E-state index contributed by atoms with van der Waals surface area (Å²) in [5.41, 5.74) is 1.35. The lowest BCUT2D eigenvalue weighted by molar-refractivity contribution is 0.596. The first-order chi connectivity index (χ1) is 6.45. The molecule has 0 spiro atoms. The average molecular weight is 193 g/mol. The molecule has 0 aliphatic carbocycles. The number of hydrogen-bond acceptors (Lipinski definition) is 1. The molecule has 0 aromatic heterocycles. The van der Waals surface area contributed by atoms with E-state index in [-0.39, 0.29) is 11.7 Å². The molecular formula is C12H16FN. The zero-order valence-corrected chi connectivity index (χ0v) is 9.19. The molecule has 0 amide bonds. The van der Waals surface area contributed by atoms with E-state index in [1.165, 1.54) is 6.08 Å². The first kappa shape index (κ1) is 12.6. The Kier molecular flexibility index (Phi) is 4.86. The van der Waals surface area contributed by atoms with E-state index in [1.807, 2.05) is 19.9 Å². The van der Waals surface area contributed by atoms with Gasteiger partial charge < -0.3 is 0 Å². The van der Waals surface area contributed by atoms with Gasteiger partial charge in [0.25, 0.3) is 0 Å². The van der Waals surface area contributed by atoms with E-state index < -0.39 is 0 Å². The molecule has 0 unspecified atom stereocenters. The first-order valence-corrected chi connectivity index (χ1v) is 4.55. The van der Waals surface area contributed by atoms with Crippen LogP contribution in [0.25, 0.3) is 0 Å². The topological polar surface area (TPSA) is 23.8 Å².